The first kappa shape index (κ1) is 20.3. The standard InChI is InChI=1S/C25H26N4O3/c1-32-19-6-4-5-18(15-19)28-9-11-29(12-10-28)25-26-16-21-22(27-25)13-17(14-24(21)31)20-7-2-3-8-23(20)30/h2-8,15-17,30H,9-14H2,1H3. The van der Waals surface area contributed by atoms with Crippen LogP contribution in [0.3, 0.4) is 0 Å². The number of hydrogen-bond donors (Lipinski definition) is 1. The van der Waals surface area contributed by atoms with E-state index in [1.54, 1.807) is 25.4 Å². The highest BCUT2D eigenvalue weighted by molar-refractivity contribution is 5.98. The highest BCUT2D eigenvalue weighted by Crippen LogP contribution is 2.36. The van der Waals surface area contributed by atoms with Gasteiger partial charge in [-0.2, -0.15) is 0 Å². The van der Waals surface area contributed by atoms with E-state index in [2.05, 4.69) is 26.9 Å². The number of carbonyl (C=O) groups is 1. The Morgan fingerprint density at radius 3 is 2.56 bits per heavy atom. The summed E-state index contributed by atoms with van der Waals surface area (Å²) in [5.74, 6) is 1.72. The van der Waals surface area contributed by atoms with Gasteiger partial charge in [0.1, 0.15) is 11.5 Å². The zero-order chi connectivity index (χ0) is 22.1. The monoisotopic (exact) mass is 430 g/mol. The molecule has 0 bridgehead atoms. The Bertz CT molecular complexity index is 1140. The molecule has 5 rings (SSSR count). The number of para-hydroxylation sites is 1. The number of ether oxygens (including phenoxy) is 1. The molecule has 0 radical (unpaired) electrons. The van der Waals surface area contributed by atoms with Gasteiger partial charge in [0.2, 0.25) is 5.95 Å². The van der Waals surface area contributed by atoms with Gasteiger partial charge in [-0.1, -0.05) is 24.3 Å². The van der Waals surface area contributed by atoms with Gasteiger partial charge in [-0.3, -0.25) is 4.79 Å². The third-order valence-electron chi connectivity index (χ3n) is 6.38. The number of benzene rings is 2. The maximum absolute atomic E-state index is 12.7. The van der Waals surface area contributed by atoms with Crippen molar-refractivity contribution < 1.29 is 14.6 Å². The summed E-state index contributed by atoms with van der Waals surface area (Å²) in [6, 6.07) is 15.3. The molecule has 1 aromatic heterocycles. The van der Waals surface area contributed by atoms with Crippen LogP contribution in [0.4, 0.5) is 11.6 Å². The molecule has 7 heteroatoms. The summed E-state index contributed by atoms with van der Waals surface area (Å²) in [6.07, 6.45) is 2.67. The van der Waals surface area contributed by atoms with E-state index in [-0.39, 0.29) is 17.5 Å². The van der Waals surface area contributed by atoms with Crippen LogP contribution in [0.1, 0.15) is 34.0 Å². The van der Waals surface area contributed by atoms with Crippen molar-refractivity contribution in [2.24, 2.45) is 0 Å². The van der Waals surface area contributed by atoms with Crippen LogP contribution in [0, 0.1) is 0 Å². The van der Waals surface area contributed by atoms with Crippen molar-refractivity contribution in [3.05, 3.63) is 71.5 Å². The third-order valence-corrected chi connectivity index (χ3v) is 6.38. The van der Waals surface area contributed by atoms with E-state index < -0.39 is 0 Å². The Labute approximate surface area is 187 Å². The van der Waals surface area contributed by atoms with Gasteiger partial charge in [0.25, 0.3) is 0 Å². The SMILES string of the molecule is COc1cccc(N2CCN(c3ncc4c(n3)CC(c3ccccc3O)CC4=O)CC2)c1. The summed E-state index contributed by atoms with van der Waals surface area (Å²) in [6.45, 7) is 3.31. The molecule has 7 nitrogen and oxygen atoms in total. The van der Waals surface area contributed by atoms with Crippen LogP contribution < -0.4 is 14.5 Å². The zero-order valence-electron chi connectivity index (χ0n) is 18.1. The van der Waals surface area contributed by atoms with Crippen LogP contribution >= 0.6 is 0 Å². The van der Waals surface area contributed by atoms with E-state index in [1.165, 1.54) is 0 Å². The molecule has 1 aliphatic heterocycles. The lowest BCUT2D eigenvalue weighted by molar-refractivity contribution is 0.0962. The number of carbonyl (C=O) groups excluding carboxylic acids is 1. The van der Waals surface area contributed by atoms with Gasteiger partial charge in [0.05, 0.1) is 18.4 Å². The largest absolute Gasteiger partial charge is 0.508 e. The minimum Gasteiger partial charge on any atom is -0.508 e. The Balaban J connectivity index is 1.32. The lowest BCUT2D eigenvalue weighted by atomic mass is 9.82. The van der Waals surface area contributed by atoms with Crippen LogP contribution in [-0.2, 0) is 6.42 Å². The maximum atomic E-state index is 12.7. The van der Waals surface area contributed by atoms with Gasteiger partial charge in [-0.15, -0.1) is 0 Å². The maximum Gasteiger partial charge on any atom is 0.225 e. The molecule has 1 aliphatic carbocycles. The molecule has 0 amide bonds. The lowest BCUT2D eigenvalue weighted by Crippen LogP contribution is -2.47. The quantitative estimate of drug-likeness (QED) is 0.679. The summed E-state index contributed by atoms with van der Waals surface area (Å²) in [5, 5.41) is 10.2. The first-order valence-electron chi connectivity index (χ1n) is 10.9. The smallest absolute Gasteiger partial charge is 0.225 e. The Morgan fingerprint density at radius 2 is 1.78 bits per heavy atom. The van der Waals surface area contributed by atoms with Crippen LogP contribution in [0.2, 0.25) is 0 Å². The van der Waals surface area contributed by atoms with Crippen molar-refractivity contribution in [2.45, 2.75) is 18.8 Å². The molecule has 164 valence electrons. The van der Waals surface area contributed by atoms with Gasteiger partial charge in [0, 0.05) is 56.5 Å². The van der Waals surface area contributed by atoms with Crippen molar-refractivity contribution in [2.75, 3.05) is 43.1 Å². The van der Waals surface area contributed by atoms with E-state index in [4.69, 9.17) is 9.72 Å². The molecule has 3 aromatic rings. The van der Waals surface area contributed by atoms with Crippen LogP contribution in [0.15, 0.2) is 54.7 Å². The van der Waals surface area contributed by atoms with Gasteiger partial charge in [0.15, 0.2) is 5.78 Å². The van der Waals surface area contributed by atoms with E-state index >= 15 is 0 Å². The van der Waals surface area contributed by atoms with Crippen molar-refractivity contribution in [3.63, 3.8) is 0 Å². The number of Topliss-reactive ketones (excluding diaryl/α,β-unsaturated/α-hetero) is 1. The Hall–Kier alpha value is -3.61. The topological polar surface area (TPSA) is 78.8 Å². The zero-order valence-corrected chi connectivity index (χ0v) is 18.1. The second-order valence-electron chi connectivity index (χ2n) is 8.29. The van der Waals surface area contributed by atoms with E-state index in [9.17, 15) is 9.90 Å². The molecular weight excluding hydrogens is 404 g/mol. The van der Waals surface area contributed by atoms with Crippen molar-refractivity contribution >= 4 is 17.4 Å². The summed E-state index contributed by atoms with van der Waals surface area (Å²) in [5.41, 5.74) is 3.33. The first-order valence-corrected chi connectivity index (χ1v) is 10.9. The van der Waals surface area contributed by atoms with Crippen LogP contribution in [0.5, 0.6) is 11.5 Å². The molecular formula is C25H26N4O3. The number of phenols is 1. The fourth-order valence-electron chi connectivity index (χ4n) is 4.61. The van der Waals surface area contributed by atoms with Gasteiger partial charge >= 0.3 is 0 Å². The Morgan fingerprint density at radius 1 is 1.00 bits per heavy atom. The summed E-state index contributed by atoms with van der Waals surface area (Å²) in [4.78, 5) is 26.5. The van der Waals surface area contributed by atoms with Crippen molar-refractivity contribution in [3.8, 4) is 11.5 Å². The number of piperazine rings is 1. The highest BCUT2D eigenvalue weighted by atomic mass is 16.5. The first-order chi connectivity index (χ1) is 15.6. The molecule has 1 unspecified atom stereocenters. The fourth-order valence-corrected chi connectivity index (χ4v) is 4.61. The molecule has 1 fully saturated rings. The normalized spacial score (nSPS) is 18.4. The van der Waals surface area contributed by atoms with Crippen LogP contribution in [-0.4, -0.2) is 54.1 Å². The second-order valence-corrected chi connectivity index (χ2v) is 8.29. The number of phenolic OH excluding ortho intramolecular Hbond substituents is 1. The number of nitrogens with zero attached hydrogens (tertiary/aromatic N) is 4. The predicted octanol–water partition coefficient (Wildman–Crippen LogP) is 3.43. The van der Waals surface area contributed by atoms with Crippen LogP contribution in [0.25, 0.3) is 0 Å². The average molecular weight is 431 g/mol. The van der Waals surface area contributed by atoms with Crippen molar-refractivity contribution in [1.29, 1.82) is 0 Å². The fraction of sp³-hybridized carbons (Fsp3) is 0.320. The molecule has 2 heterocycles. The van der Waals surface area contributed by atoms with E-state index in [0.29, 0.717) is 24.4 Å². The number of rotatable bonds is 4. The second kappa shape index (κ2) is 8.49. The van der Waals surface area contributed by atoms with Gasteiger partial charge < -0.3 is 19.6 Å². The summed E-state index contributed by atoms with van der Waals surface area (Å²) >= 11 is 0. The molecule has 1 saturated heterocycles. The lowest BCUT2D eigenvalue weighted by Gasteiger charge is -2.36. The number of anilines is 2. The highest BCUT2D eigenvalue weighted by Gasteiger charge is 2.30. The number of aromatic hydroxyl groups is 1. The summed E-state index contributed by atoms with van der Waals surface area (Å²) < 4.78 is 5.35. The molecule has 1 N–H and O–H groups in total. The minimum atomic E-state index is -0.0659. The van der Waals surface area contributed by atoms with Gasteiger partial charge in [-0.05, 0) is 30.2 Å². The van der Waals surface area contributed by atoms with Crippen molar-refractivity contribution in [1.82, 2.24) is 9.97 Å². The number of ketones is 1. The number of fused-ring (bicyclic) bond motifs is 1. The average Bonchev–Trinajstić information content (AvgIpc) is 2.84. The minimum absolute atomic E-state index is 0.0360. The van der Waals surface area contributed by atoms with E-state index in [1.807, 2.05) is 24.3 Å². The number of methoxy groups -OCH3 is 1. The molecule has 1 atom stereocenters. The van der Waals surface area contributed by atoms with E-state index in [0.717, 1.165) is 48.9 Å². The number of hydrogen-bond acceptors (Lipinski definition) is 7. The Kier molecular flexibility index (Phi) is 5.39. The third kappa shape index (κ3) is 3.86. The predicted molar refractivity (Wildman–Crippen MR) is 123 cm³/mol. The van der Waals surface area contributed by atoms with Gasteiger partial charge in [-0.25, -0.2) is 9.97 Å². The molecule has 0 spiro atoms. The molecule has 2 aromatic carbocycles. The molecule has 0 saturated carbocycles. The number of aromatic nitrogens is 2. The summed E-state index contributed by atoms with van der Waals surface area (Å²) in [7, 11) is 1.68. The molecule has 2 aliphatic rings. The molecule has 32 heavy (non-hydrogen) atoms.